The lowest BCUT2D eigenvalue weighted by molar-refractivity contribution is 0.265. The number of thiocarbonyl (C=S) groups is 1. The standard InChI is InChI=1S/C20H29N3OS/c1-14-6-10-17(11-7-14)20(3,4)21-19(25)23-22-15(2)16-8-12-18(24-5)13-9-16/h6,8-9,12-13,17H,7,10-11H2,1-5H3,(H2,21,23,25)/b22-15+/t17-/m0/s1. The molecule has 1 aromatic carbocycles. The van der Waals surface area contributed by atoms with Gasteiger partial charge in [-0.05, 0) is 94.9 Å². The summed E-state index contributed by atoms with van der Waals surface area (Å²) in [5, 5.41) is 8.39. The molecule has 0 heterocycles. The van der Waals surface area contributed by atoms with Crippen LogP contribution in [0.25, 0.3) is 0 Å². The predicted octanol–water partition coefficient (Wildman–Crippen LogP) is 4.41. The third-order valence-electron chi connectivity index (χ3n) is 4.93. The van der Waals surface area contributed by atoms with Crippen molar-refractivity contribution in [2.75, 3.05) is 7.11 Å². The number of hydrogen-bond acceptors (Lipinski definition) is 3. The first-order chi connectivity index (χ1) is 11.8. The Hall–Kier alpha value is -1.88. The van der Waals surface area contributed by atoms with Gasteiger partial charge in [0, 0.05) is 5.54 Å². The monoisotopic (exact) mass is 359 g/mol. The van der Waals surface area contributed by atoms with Gasteiger partial charge in [-0.15, -0.1) is 0 Å². The van der Waals surface area contributed by atoms with Crippen LogP contribution in [-0.2, 0) is 0 Å². The van der Waals surface area contributed by atoms with Gasteiger partial charge in [-0.2, -0.15) is 5.10 Å². The average Bonchev–Trinajstić information content (AvgIpc) is 2.59. The van der Waals surface area contributed by atoms with Gasteiger partial charge in [0.15, 0.2) is 5.11 Å². The van der Waals surface area contributed by atoms with E-state index < -0.39 is 0 Å². The first-order valence-corrected chi connectivity index (χ1v) is 9.15. The molecule has 1 aliphatic carbocycles. The molecule has 0 aliphatic heterocycles. The molecule has 0 unspecified atom stereocenters. The van der Waals surface area contributed by atoms with Gasteiger partial charge in [0.2, 0.25) is 0 Å². The number of rotatable bonds is 5. The maximum atomic E-state index is 5.44. The van der Waals surface area contributed by atoms with Crippen molar-refractivity contribution in [3.8, 4) is 5.75 Å². The molecule has 0 spiro atoms. The highest BCUT2D eigenvalue weighted by atomic mass is 32.1. The van der Waals surface area contributed by atoms with Crippen molar-refractivity contribution in [2.45, 2.75) is 52.5 Å². The molecule has 0 aromatic heterocycles. The second-order valence-electron chi connectivity index (χ2n) is 7.24. The topological polar surface area (TPSA) is 45.6 Å². The molecule has 0 saturated heterocycles. The van der Waals surface area contributed by atoms with Crippen LogP contribution in [0, 0.1) is 5.92 Å². The van der Waals surface area contributed by atoms with Crippen molar-refractivity contribution in [1.29, 1.82) is 0 Å². The molecule has 136 valence electrons. The Labute approximate surface area is 156 Å². The molecule has 5 heteroatoms. The zero-order valence-corrected chi connectivity index (χ0v) is 16.7. The second-order valence-corrected chi connectivity index (χ2v) is 7.64. The third kappa shape index (κ3) is 5.56. The summed E-state index contributed by atoms with van der Waals surface area (Å²) in [5.41, 5.74) is 6.31. The van der Waals surface area contributed by atoms with Crippen LogP contribution in [0.3, 0.4) is 0 Å². The molecule has 25 heavy (non-hydrogen) atoms. The first kappa shape index (κ1) is 19.4. The minimum absolute atomic E-state index is 0.0647. The Bertz CT molecular complexity index is 662. The Morgan fingerprint density at radius 1 is 1.28 bits per heavy atom. The van der Waals surface area contributed by atoms with E-state index in [0.717, 1.165) is 23.4 Å². The van der Waals surface area contributed by atoms with E-state index in [9.17, 15) is 0 Å². The van der Waals surface area contributed by atoms with Crippen LogP contribution < -0.4 is 15.5 Å². The lowest BCUT2D eigenvalue weighted by atomic mass is 9.77. The Balaban J connectivity index is 1.92. The first-order valence-electron chi connectivity index (χ1n) is 8.74. The molecule has 1 atom stereocenters. The maximum Gasteiger partial charge on any atom is 0.187 e. The number of benzene rings is 1. The van der Waals surface area contributed by atoms with E-state index in [1.54, 1.807) is 7.11 Å². The third-order valence-corrected chi connectivity index (χ3v) is 5.12. The quantitative estimate of drug-likeness (QED) is 0.354. The summed E-state index contributed by atoms with van der Waals surface area (Å²) in [4.78, 5) is 0. The molecule has 0 fully saturated rings. The van der Waals surface area contributed by atoms with E-state index in [0.29, 0.717) is 11.0 Å². The second kappa shape index (κ2) is 8.48. The van der Waals surface area contributed by atoms with Gasteiger partial charge in [0.05, 0.1) is 12.8 Å². The lowest BCUT2D eigenvalue weighted by Crippen LogP contribution is -2.52. The van der Waals surface area contributed by atoms with Gasteiger partial charge < -0.3 is 10.1 Å². The van der Waals surface area contributed by atoms with E-state index in [1.807, 2.05) is 31.2 Å². The highest BCUT2D eigenvalue weighted by Gasteiger charge is 2.30. The van der Waals surface area contributed by atoms with Crippen LogP contribution in [0.2, 0.25) is 0 Å². The maximum absolute atomic E-state index is 5.44. The fourth-order valence-corrected chi connectivity index (χ4v) is 3.38. The zero-order chi connectivity index (χ0) is 18.4. The van der Waals surface area contributed by atoms with Crippen LogP contribution in [0.5, 0.6) is 5.75 Å². The van der Waals surface area contributed by atoms with Gasteiger partial charge in [-0.1, -0.05) is 11.6 Å². The molecular weight excluding hydrogens is 330 g/mol. The SMILES string of the molecule is COc1ccc(/C(C)=N/NC(=S)NC(C)(C)[C@H]2CC=C(C)CC2)cc1. The lowest BCUT2D eigenvalue weighted by Gasteiger charge is -2.37. The predicted molar refractivity (Wildman–Crippen MR) is 109 cm³/mol. The summed E-state index contributed by atoms with van der Waals surface area (Å²) in [6.07, 6.45) is 5.81. The molecule has 0 amide bonds. The summed E-state index contributed by atoms with van der Waals surface area (Å²) in [7, 11) is 1.66. The van der Waals surface area contributed by atoms with Crippen molar-refractivity contribution in [2.24, 2.45) is 11.0 Å². The summed E-state index contributed by atoms with van der Waals surface area (Å²) in [5.74, 6) is 1.41. The molecule has 2 rings (SSSR count). The minimum Gasteiger partial charge on any atom is -0.497 e. The van der Waals surface area contributed by atoms with Gasteiger partial charge in [0.1, 0.15) is 5.75 Å². The van der Waals surface area contributed by atoms with Crippen molar-refractivity contribution in [3.63, 3.8) is 0 Å². The number of hydrogen-bond donors (Lipinski definition) is 2. The van der Waals surface area contributed by atoms with Gasteiger partial charge in [0.25, 0.3) is 0 Å². The number of methoxy groups -OCH3 is 1. The van der Waals surface area contributed by atoms with E-state index in [-0.39, 0.29) is 5.54 Å². The van der Waals surface area contributed by atoms with Crippen molar-refractivity contribution < 1.29 is 4.74 Å². The number of nitrogens with zero attached hydrogens (tertiary/aromatic N) is 1. The van der Waals surface area contributed by atoms with Crippen molar-refractivity contribution >= 4 is 23.0 Å². The number of nitrogens with one attached hydrogen (secondary N) is 2. The molecule has 2 N–H and O–H groups in total. The molecule has 0 saturated carbocycles. The smallest absolute Gasteiger partial charge is 0.187 e. The van der Waals surface area contributed by atoms with Crippen LogP contribution >= 0.6 is 12.2 Å². The summed E-state index contributed by atoms with van der Waals surface area (Å²) < 4.78 is 5.18. The van der Waals surface area contributed by atoms with E-state index in [1.165, 1.54) is 18.4 Å². The van der Waals surface area contributed by atoms with E-state index >= 15 is 0 Å². The Morgan fingerprint density at radius 3 is 2.52 bits per heavy atom. The van der Waals surface area contributed by atoms with Gasteiger partial charge in [-0.25, -0.2) is 0 Å². The number of ether oxygens (including phenoxy) is 1. The Kier molecular flexibility index (Phi) is 6.59. The fraction of sp³-hybridized carbons (Fsp3) is 0.500. The van der Waals surface area contributed by atoms with Crippen LogP contribution in [0.15, 0.2) is 41.0 Å². The average molecular weight is 360 g/mol. The highest BCUT2D eigenvalue weighted by Crippen LogP contribution is 2.31. The molecule has 1 aromatic rings. The van der Waals surface area contributed by atoms with Crippen LogP contribution in [0.4, 0.5) is 0 Å². The molecule has 4 nitrogen and oxygen atoms in total. The van der Waals surface area contributed by atoms with Crippen LogP contribution in [0.1, 0.15) is 52.5 Å². The summed E-state index contributed by atoms with van der Waals surface area (Å²) in [6.45, 7) is 8.58. The van der Waals surface area contributed by atoms with Crippen LogP contribution in [-0.4, -0.2) is 23.5 Å². The molecule has 0 radical (unpaired) electrons. The van der Waals surface area contributed by atoms with Crippen molar-refractivity contribution in [1.82, 2.24) is 10.7 Å². The van der Waals surface area contributed by atoms with E-state index in [2.05, 4.69) is 42.7 Å². The summed E-state index contributed by atoms with van der Waals surface area (Å²) >= 11 is 5.44. The summed E-state index contributed by atoms with van der Waals surface area (Å²) in [6, 6.07) is 7.81. The fourth-order valence-electron chi connectivity index (χ4n) is 3.07. The van der Waals surface area contributed by atoms with Gasteiger partial charge >= 0.3 is 0 Å². The molecule has 0 bridgehead atoms. The number of hydrazone groups is 1. The normalized spacial score (nSPS) is 18.4. The van der Waals surface area contributed by atoms with Gasteiger partial charge in [-0.3, -0.25) is 5.43 Å². The molecular formula is C20H29N3OS. The Morgan fingerprint density at radius 2 is 1.96 bits per heavy atom. The highest BCUT2D eigenvalue weighted by molar-refractivity contribution is 7.80. The largest absolute Gasteiger partial charge is 0.497 e. The molecule has 1 aliphatic rings. The van der Waals surface area contributed by atoms with E-state index in [4.69, 9.17) is 17.0 Å². The zero-order valence-electron chi connectivity index (χ0n) is 15.8. The van der Waals surface area contributed by atoms with Crippen molar-refractivity contribution in [3.05, 3.63) is 41.5 Å². The minimum atomic E-state index is -0.0647. The number of allylic oxidation sites excluding steroid dienone is 2.